The molecule has 0 aliphatic carbocycles. The van der Waals surface area contributed by atoms with Crippen molar-refractivity contribution < 1.29 is 12.8 Å². The molecule has 3 heterocycles. The Kier molecular flexibility index (Phi) is 3.32. The lowest BCUT2D eigenvalue weighted by Crippen LogP contribution is -2.13. The molecule has 2 N–H and O–H groups in total. The molecule has 0 atom stereocenters. The van der Waals surface area contributed by atoms with Crippen molar-refractivity contribution in [2.75, 3.05) is 5.73 Å². The van der Waals surface area contributed by atoms with Gasteiger partial charge in [0, 0.05) is 0 Å². The van der Waals surface area contributed by atoms with Crippen molar-refractivity contribution >= 4 is 27.1 Å². The van der Waals surface area contributed by atoms with Crippen LogP contribution in [0.1, 0.15) is 5.56 Å². The second kappa shape index (κ2) is 5.42. The highest BCUT2D eigenvalue weighted by molar-refractivity contribution is 7.90. The Morgan fingerprint density at radius 3 is 2.56 bits per heavy atom. The zero-order valence-corrected chi connectivity index (χ0v) is 13.9. The van der Waals surface area contributed by atoms with Gasteiger partial charge in [-0.05, 0) is 31.2 Å². The number of nitrogen functional groups attached to an aromatic ring is 1. The van der Waals surface area contributed by atoms with Crippen LogP contribution in [0, 0.1) is 6.92 Å². The summed E-state index contributed by atoms with van der Waals surface area (Å²) in [5.41, 5.74) is 7.45. The summed E-state index contributed by atoms with van der Waals surface area (Å²) < 4.78 is 32.2. The Balaban J connectivity index is 1.96. The van der Waals surface area contributed by atoms with Crippen LogP contribution in [0.15, 0.2) is 58.3 Å². The Morgan fingerprint density at radius 2 is 1.88 bits per heavy atom. The molecule has 1 aromatic carbocycles. The van der Waals surface area contributed by atoms with E-state index in [0.717, 1.165) is 9.54 Å². The first-order chi connectivity index (χ1) is 12.0. The monoisotopic (exact) mass is 355 g/mol. The maximum atomic E-state index is 12.9. The van der Waals surface area contributed by atoms with Crippen molar-refractivity contribution in [2.24, 2.45) is 0 Å². The number of aryl methyl sites for hydroxylation is 1. The first-order valence-electron chi connectivity index (χ1n) is 7.33. The summed E-state index contributed by atoms with van der Waals surface area (Å²) in [6, 6.07) is 9.91. The molecule has 25 heavy (non-hydrogen) atoms. The smallest absolute Gasteiger partial charge is 0.270 e. The molecule has 0 unspecified atom stereocenters. The summed E-state index contributed by atoms with van der Waals surface area (Å²) >= 11 is 0. The number of nitrogens with two attached hydrogens (primary N) is 1. The molecular weight excluding hydrogens is 342 g/mol. The molecule has 0 saturated heterocycles. The van der Waals surface area contributed by atoms with Crippen molar-refractivity contribution in [3.8, 4) is 11.5 Å². The molecule has 0 saturated carbocycles. The second-order valence-electron chi connectivity index (χ2n) is 5.44. The molecule has 0 bridgehead atoms. The summed E-state index contributed by atoms with van der Waals surface area (Å²) in [5.74, 6) is 0.358. The number of furan rings is 1. The van der Waals surface area contributed by atoms with Crippen LogP contribution in [0.2, 0.25) is 0 Å². The predicted molar refractivity (Wildman–Crippen MR) is 91.2 cm³/mol. The number of imidazole rings is 1. The highest BCUT2D eigenvalue weighted by Crippen LogP contribution is 2.28. The molecule has 0 radical (unpaired) electrons. The van der Waals surface area contributed by atoms with Gasteiger partial charge in [0.15, 0.2) is 11.4 Å². The largest absolute Gasteiger partial charge is 0.463 e. The molecule has 0 spiro atoms. The molecule has 0 amide bonds. The van der Waals surface area contributed by atoms with Crippen LogP contribution >= 0.6 is 0 Å². The fourth-order valence-electron chi connectivity index (χ4n) is 2.48. The van der Waals surface area contributed by atoms with Gasteiger partial charge in [-0.25, -0.2) is 22.4 Å². The maximum Gasteiger partial charge on any atom is 0.270 e. The summed E-state index contributed by atoms with van der Waals surface area (Å²) in [7, 11) is -3.86. The fourth-order valence-corrected chi connectivity index (χ4v) is 3.72. The van der Waals surface area contributed by atoms with Crippen molar-refractivity contribution in [2.45, 2.75) is 11.8 Å². The number of anilines is 1. The van der Waals surface area contributed by atoms with Crippen molar-refractivity contribution in [1.82, 2.24) is 18.9 Å². The van der Waals surface area contributed by atoms with E-state index in [0.29, 0.717) is 17.0 Å². The van der Waals surface area contributed by atoms with Gasteiger partial charge in [-0.15, -0.1) is 0 Å². The van der Waals surface area contributed by atoms with Gasteiger partial charge >= 0.3 is 0 Å². The number of aromatic nitrogens is 4. The minimum absolute atomic E-state index is 0.0697. The van der Waals surface area contributed by atoms with Gasteiger partial charge in [0.1, 0.15) is 17.5 Å². The molecule has 0 aliphatic rings. The van der Waals surface area contributed by atoms with E-state index in [1.807, 2.05) is 6.92 Å². The summed E-state index contributed by atoms with van der Waals surface area (Å²) in [5, 5.41) is 0. The lowest BCUT2D eigenvalue weighted by Gasteiger charge is -2.07. The first kappa shape index (κ1) is 15.3. The van der Waals surface area contributed by atoms with Crippen LogP contribution in [0.5, 0.6) is 0 Å². The Hall–Kier alpha value is -3.20. The van der Waals surface area contributed by atoms with E-state index in [1.54, 1.807) is 24.3 Å². The first-order valence-corrected chi connectivity index (χ1v) is 8.77. The molecule has 9 heteroatoms. The number of hydrogen-bond donors (Lipinski definition) is 1. The van der Waals surface area contributed by atoms with Crippen LogP contribution in [-0.2, 0) is 10.0 Å². The molecular formula is C16H13N5O3S. The molecule has 0 aliphatic heterocycles. The number of hydrogen-bond acceptors (Lipinski definition) is 7. The minimum atomic E-state index is -3.86. The van der Waals surface area contributed by atoms with Gasteiger partial charge in [0.25, 0.3) is 10.0 Å². The zero-order valence-electron chi connectivity index (χ0n) is 13.1. The van der Waals surface area contributed by atoms with Crippen molar-refractivity contribution in [3.05, 3.63) is 54.6 Å². The quantitative estimate of drug-likeness (QED) is 0.598. The Labute approximate surface area is 143 Å². The third-order valence-electron chi connectivity index (χ3n) is 3.72. The van der Waals surface area contributed by atoms with Crippen LogP contribution in [-0.4, -0.2) is 27.3 Å². The number of fused-ring (bicyclic) bond motifs is 1. The third kappa shape index (κ3) is 2.45. The number of rotatable bonds is 3. The topological polar surface area (TPSA) is 117 Å². The molecule has 3 aromatic heterocycles. The van der Waals surface area contributed by atoms with Gasteiger partial charge in [-0.3, -0.25) is 0 Å². The maximum absolute atomic E-state index is 12.9. The lowest BCUT2D eigenvalue weighted by atomic mass is 10.2. The van der Waals surface area contributed by atoms with Gasteiger partial charge < -0.3 is 10.2 Å². The highest BCUT2D eigenvalue weighted by atomic mass is 32.2. The van der Waals surface area contributed by atoms with Crippen molar-refractivity contribution in [1.29, 1.82) is 0 Å². The SMILES string of the molecule is Cc1ccc(S(=O)(=O)n2cnc3c(-c4ccco4)nc(N)nc32)cc1. The molecule has 8 nitrogen and oxygen atoms in total. The van der Waals surface area contributed by atoms with E-state index in [-0.39, 0.29) is 16.5 Å². The highest BCUT2D eigenvalue weighted by Gasteiger charge is 2.23. The summed E-state index contributed by atoms with van der Waals surface area (Å²) in [6.45, 7) is 1.88. The van der Waals surface area contributed by atoms with Gasteiger partial charge in [-0.1, -0.05) is 17.7 Å². The van der Waals surface area contributed by atoms with E-state index in [1.165, 1.54) is 24.7 Å². The van der Waals surface area contributed by atoms with Gasteiger partial charge in [0.2, 0.25) is 5.95 Å². The minimum Gasteiger partial charge on any atom is -0.463 e. The fraction of sp³-hybridized carbons (Fsp3) is 0.0625. The standard InChI is InChI=1S/C16H13N5O3S/c1-10-4-6-11(7-5-10)25(22,23)21-9-18-14-13(12-3-2-8-24-12)19-16(17)20-15(14)21/h2-9H,1H3,(H2,17,19,20). The van der Waals surface area contributed by atoms with Crippen LogP contribution in [0.25, 0.3) is 22.6 Å². The number of nitrogens with zero attached hydrogens (tertiary/aromatic N) is 4. The van der Waals surface area contributed by atoms with E-state index in [2.05, 4.69) is 15.0 Å². The average Bonchev–Trinajstić information content (AvgIpc) is 3.24. The molecule has 4 rings (SSSR count). The second-order valence-corrected chi connectivity index (χ2v) is 7.25. The van der Waals surface area contributed by atoms with E-state index in [4.69, 9.17) is 10.2 Å². The summed E-state index contributed by atoms with van der Waals surface area (Å²) in [6.07, 6.45) is 2.68. The van der Waals surface area contributed by atoms with Crippen LogP contribution in [0.3, 0.4) is 0 Å². The van der Waals surface area contributed by atoms with Crippen LogP contribution < -0.4 is 5.73 Å². The number of benzene rings is 1. The van der Waals surface area contributed by atoms with Gasteiger partial charge in [-0.2, -0.15) is 4.98 Å². The predicted octanol–water partition coefficient (Wildman–Crippen LogP) is 2.21. The van der Waals surface area contributed by atoms with E-state index >= 15 is 0 Å². The normalized spacial score (nSPS) is 11.9. The van der Waals surface area contributed by atoms with Crippen LogP contribution in [0.4, 0.5) is 5.95 Å². The summed E-state index contributed by atoms with van der Waals surface area (Å²) in [4.78, 5) is 12.5. The van der Waals surface area contributed by atoms with Crippen molar-refractivity contribution in [3.63, 3.8) is 0 Å². The van der Waals surface area contributed by atoms with E-state index in [9.17, 15) is 8.42 Å². The Bertz CT molecular complexity index is 1160. The molecule has 126 valence electrons. The zero-order chi connectivity index (χ0) is 17.6. The van der Waals surface area contributed by atoms with E-state index < -0.39 is 10.0 Å². The molecule has 4 aromatic rings. The van der Waals surface area contributed by atoms with Gasteiger partial charge in [0.05, 0.1) is 11.2 Å². The average molecular weight is 355 g/mol. The lowest BCUT2D eigenvalue weighted by molar-refractivity contribution is 0.580. The molecule has 0 fully saturated rings. The third-order valence-corrected chi connectivity index (χ3v) is 5.37. The Morgan fingerprint density at radius 1 is 1.12 bits per heavy atom.